The van der Waals surface area contributed by atoms with Gasteiger partial charge in [0.05, 0.1) is 38.0 Å². The highest BCUT2D eigenvalue weighted by Gasteiger charge is 2.45. The first-order chi connectivity index (χ1) is 40.1. The van der Waals surface area contributed by atoms with Crippen LogP contribution < -0.4 is 26.6 Å². The van der Waals surface area contributed by atoms with Crippen LogP contribution in [0.5, 0.6) is 0 Å². The zero-order chi connectivity index (χ0) is 62.3. The molecule has 0 aliphatic heterocycles. The van der Waals surface area contributed by atoms with Gasteiger partial charge >= 0.3 is 17.9 Å². The molecule has 1 aliphatic carbocycles. The molecule has 0 aromatic carbocycles. The number of aliphatic carboxylic acids is 3. The van der Waals surface area contributed by atoms with Crippen LogP contribution in [-0.4, -0.2) is 156 Å². The number of hydrogen-bond acceptors (Lipinski definition) is 16. The Balaban J connectivity index is 1.69. The number of carboxylic acid groups (broad SMARTS) is 3. The highest BCUT2D eigenvalue weighted by atomic mass is 16.4. The van der Waals surface area contributed by atoms with Gasteiger partial charge in [0.2, 0.25) is 23.6 Å². The molecular weight excluding hydrogens is 1090 g/mol. The van der Waals surface area contributed by atoms with Gasteiger partial charge in [0.25, 0.3) is 0 Å². The smallest absolute Gasteiger partial charge is 0.326 e. The predicted octanol–water partition coefficient (Wildman–Crippen LogP) is 4.93. The number of aliphatic hydroxyl groups excluding tert-OH is 2. The third kappa shape index (κ3) is 32.1. The Kier molecular flexibility index (Phi) is 37.4. The highest BCUT2D eigenvalue weighted by Crippen LogP contribution is 2.46. The van der Waals surface area contributed by atoms with Crippen LogP contribution >= 0.6 is 0 Å². The number of hydrogen-bond donors (Lipinski definition) is 11. The Morgan fingerprint density at radius 1 is 0.607 bits per heavy atom. The van der Waals surface area contributed by atoms with Gasteiger partial charge in [-0.25, -0.2) is 9.78 Å². The summed E-state index contributed by atoms with van der Waals surface area (Å²) in [5, 5.41) is 60.7. The molecule has 0 bridgehead atoms. The second-order valence-corrected chi connectivity index (χ2v) is 22.8. The van der Waals surface area contributed by atoms with Gasteiger partial charge in [0.1, 0.15) is 35.5 Å². The summed E-state index contributed by atoms with van der Waals surface area (Å²) in [5.41, 5.74) is 0.0477. The lowest BCUT2D eigenvalue weighted by atomic mass is 9.62. The molecule has 11 N–H and O–H groups in total. The van der Waals surface area contributed by atoms with E-state index in [2.05, 4.69) is 36.6 Å². The van der Waals surface area contributed by atoms with Crippen molar-refractivity contribution in [1.82, 2.24) is 36.6 Å². The predicted molar refractivity (Wildman–Crippen MR) is 309 cm³/mol. The van der Waals surface area contributed by atoms with Gasteiger partial charge in [0.15, 0.2) is 11.6 Å². The number of ketones is 5. The molecule has 0 radical (unpaired) electrons. The molecule has 0 unspecified atom stereocenters. The third-order valence-corrected chi connectivity index (χ3v) is 15.7. The van der Waals surface area contributed by atoms with E-state index in [1.54, 1.807) is 6.20 Å². The van der Waals surface area contributed by atoms with Crippen molar-refractivity contribution in [2.75, 3.05) is 26.2 Å². The van der Waals surface area contributed by atoms with Gasteiger partial charge in [-0.2, -0.15) is 0 Å². The quantitative estimate of drug-likeness (QED) is 0.0385. The molecule has 0 saturated heterocycles. The fourth-order valence-corrected chi connectivity index (χ4v) is 10.4. The van der Waals surface area contributed by atoms with Crippen LogP contribution in [0.4, 0.5) is 0 Å². The number of carboxylic acids is 3. The first-order valence-electron chi connectivity index (χ1n) is 30.5. The molecule has 2 rings (SSSR count). The second-order valence-electron chi connectivity index (χ2n) is 22.8. The molecule has 1 saturated carbocycles. The number of aromatic amines is 1. The molecule has 24 heteroatoms. The molecule has 1 fully saturated rings. The molecule has 1 aromatic heterocycles. The summed E-state index contributed by atoms with van der Waals surface area (Å²) in [4.78, 5) is 157. The number of aliphatic hydroxyl groups is 2. The zero-order valence-corrected chi connectivity index (χ0v) is 49.7. The Hall–Kier alpha value is -6.27. The van der Waals surface area contributed by atoms with E-state index in [1.807, 2.05) is 0 Å². The summed E-state index contributed by atoms with van der Waals surface area (Å²) in [6.45, 7) is 1.24. The minimum Gasteiger partial charge on any atom is -0.481 e. The third-order valence-electron chi connectivity index (χ3n) is 15.7. The monoisotopic (exact) mass is 1190 g/mol. The molecule has 24 nitrogen and oxygen atoms in total. The lowest BCUT2D eigenvalue weighted by Crippen LogP contribution is -2.49. The summed E-state index contributed by atoms with van der Waals surface area (Å²) in [6.07, 6.45) is 19.2. The molecular formula is C60H97N7O17. The van der Waals surface area contributed by atoms with Gasteiger partial charge < -0.3 is 57.1 Å². The maximum absolute atomic E-state index is 13.6. The van der Waals surface area contributed by atoms with E-state index >= 15 is 0 Å². The summed E-state index contributed by atoms with van der Waals surface area (Å²) < 4.78 is 0. The number of aryl methyl sites for hydroxylation is 1. The molecule has 1 aromatic rings. The number of carbonyl (C=O) groups is 12. The summed E-state index contributed by atoms with van der Waals surface area (Å²) in [7, 11) is 0. The van der Waals surface area contributed by atoms with E-state index in [1.165, 1.54) is 45.9 Å². The second kappa shape index (κ2) is 42.5. The van der Waals surface area contributed by atoms with Crippen molar-refractivity contribution in [3.8, 4) is 0 Å². The van der Waals surface area contributed by atoms with Crippen molar-refractivity contribution >= 4 is 70.5 Å². The molecule has 1 heterocycles. The van der Waals surface area contributed by atoms with Crippen LogP contribution in [-0.2, 0) is 64.0 Å². The number of carbonyl (C=O) groups excluding carboxylic acids is 9. The van der Waals surface area contributed by atoms with E-state index in [0.717, 1.165) is 69.9 Å². The molecule has 1 aliphatic rings. The van der Waals surface area contributed by atoms with Crippen LogP contribution in [0.1, 0.15) is 219 Å². The van der Waals surface area contributed by atoms with Gasteiger partial charge in [-0.3, -0.25) is 52.7 Å². The first-order valence-corrected chi connectivity index (χ1v) is 30.5. The lowest BCUT2D eigenvalue weighted by molar-refractivity contribution is -0.145. The van der Waals surface area contributed by atoms with Crippen molar-refractivity contribution in [2.24, 2.45) is 17.3 Å². The van der Waals surface area contributed by atoms with Gasteiger partial charge in [-0.05, 0) is 78.1 Å². The largest absolute Gasteiger partial charge is 0.481 e. The maximum Gasteiger partial charge on any atom is 0.326 e. The van der Waals surface area contributed by atoms with E-state index < -0.39 is 121 Å². The van der Waals surface area contributed by atoms with Crippen LogP contribution in [0, 0.1) is 17.3 Å². The summed E-state index contributed by atoms with van der Waals surface area (Å²) in [5.74, 6) is -9.41. The summed E-state index contributed by atoms with van der Waals surface area (Å²) in [6, 6.07) is -4.10. The van der Waals surface area contributed by atoms with Gasteiger partial charge in [-0.1, -0.05) is 89.9 Å². The number of nitrogens with one attached hydrogen (secondary N) is 6. The Bertz CT molecular complexity index is 2230. The Morgan fingerprint density at radius 2 is 1.18 bits per heavy atom. The number of rotatable bonds is 53. The van der Waals surface area contributed by atoms with Crippen LogP contribution in [0.3, 0.4) is 0 Å². The first kappa shape index (κ1) is 73.8. The average molecular weight is 1190 g/mol. The number of H-pyrrole nitrogens is 1. The standard InChI is InChI=1S/C60H97N7O17/c1-41(69)56(42(2)70)67-57(80)43(23-28-51(74)60(31-19-32-60)35-47(72)26-25-45-36-62-40-64-45)20-17-18-33-63-54(77)38-61-37-50(73)49(39-68)66-53(76)30-27-48(59(83)84)65-52(75)29-24-44(58(81)82)34-46(71)21-15-13-11-9-7-5-3-4-6-8-10-12-14-16-22-55(78)79/h36,40-41,43-44,48-49,56,61,68-69H,3-35,37-39H2,1-2H3,(H,62,64)(H,63,77)(H,65,75)(H,66,76)(H,67,80)(H,78,79)(H,81,82)(H,83,84)/t41-,43-,44-,48+,49+,56+/m1/s1. The van der Waals surface area contributed by atoms with Crippen molar-refractivity contribution < 1.29 is 83.1 Å². The topological polar surface area (TPSA) is 395 Å². The Labute approximate surface area is 493 Å². The molecule has 6 atom stereocenters. The lowest BCUT2D eigenvalue weighted by Gasteiger charge is -2.40. The van der Waals surface area contributed by atoms with Crippen LogP contribution in [0.2, 0.25) is 0 Å². The molecule has 4 amide bonds. The number of amides is 4. The SMILES string of the molecule is CC(=O)[C@@H](NC(=O)[C@H](CCCCNC(=O)CNCC(=O)[C@H](CO)NC(=O)CC[C@H](NC(=O)CC[C@H](CC(=O)CCCCCCCCCCCCCCCCC(=O)O)C(=O)O)C(=O)O)CCC(=O)C1(CC(=O)CCc2cnc[nH]2)CCC1)[C@@H](C)O. The van der Waals surface area contributed by atoms with Crippen molar-refractivity contribution in [3.05, 3.63) is 18.2 Å². The van der Waals surface area contributed by atoms with E-state index in [9.17, 15) is 78.0 Å². The van der Waals surface area contributed by atoms with E-state index in [-0.39, 0.29) is 94.6 Å². The van der Waals surface area contributed by atoms with Crippen LogP contribution in [0.15, 0.2) is 12.5 Å². The summed E-state index contributed by atoms with van der Waals surface area (Å²) >= 11 is 0. The average Bonchev–Trinajstić information content (AvgIpc) is 4.05. The molecule has 84 heavy (non-hydrogen) atoms. The molecule has 0 spiro atoms. The zero-order valence-electron chi connectivity index (χ0n) is 49.7. The van der Waals surface area contributed by atoms with Crippen molar-refractivity contribution in [2.45, 2.75) is 244 Å². The number of unbranched alkanes of at least 4 members (excludes halogenated alkanes) is 14. The minimum absolute atomic E-state index is 0.0297. The van der Waals surface area contributed by atoms with Gasteiger partial charge in [-0.15, -0.1) is 0 Å². The number of Topliss-reactive ketones (excluding diaryl/α,β-unsaturated/α-hetero) is 5. The van der Waals surface area contributed by atoms with Crippen molar-refractivity contribution in [3.63, 3.8) is 0 Å². The van der Waals surface area contributed by atoms with Crippen LogP contribution in [0.25, 0.3) is 0 Å². The fraction of sp³-hybridized carbons (Fsp3) is 0.750. The normalized spacial score (nSPS) is 14.8. The van der Waals surface area contributed by atoms with Crippen molar-refractivity contribution in [1.29, 1.82) is 0 Å². The fourth-order valence-electron chi connectivity index (χ4n) is 10.4. The Morgan fingerprint density at radius 3 is 1.69 bits per heavy atom. The van der Waals surface area contributed by atoms with Gasteiger partial charge in [0, 0.05) is 81.1 Å². The number of nitrogens with zero attached hydrogens (tertiary/aromatic N) is 1. The minimum atomic E-state index is -1.55. The number of aromatic nitrogens is 2. The van der Waals surface area contributed by atoms with E-state index in [4.69, 9.17) is 5.11 Å². The highest BCUT2D eigenvalue weighted by molar-refractivity contribution is 5.93. The maximum atomic E-state index is 13.6. The number of imidazole rings is 1. The van der Waals surface area contributed by atoms with E-state index in [0.29, 0.717) is 38.5 Å². The molecule has 474 valence electrons.